The lowest BCUT2D eigenvalue weighted by atomic mass is 10.2. The lowest BCUT2D eigenvalue weighted by Gasteiger charge is -2.06. The van der Waals surface area contributed by atoms with Crippen molar-refractivity contribution in [3.05, 3.63) is 58.4 Å². The fourth-order valence-corrected chi connectivity index (χ4v) is 3.78. The quantitative estimate of drug-likeness (QED) is 0.311. The molecule has 0 amide bonds. The molecule has 0 atom stereocenters. The largest absolute Gasteiger partial charge is 0.493 e. The first-order valence-corrected chi connectivity index (χ1v) is 10.6. The van der Waals surface area contributed by atoms with Crippen molar-refractivity contribution >= 4 is 35.0 Å². The Balaban J connectivity index is 1.51. The first-order valence-electron chi connectivity index (χ1n) is 8.90. The zero-order valence-corrected chi connectivity index (χ0v) is 18.1. The van der Waals surface area contributed by atoms with Crippen molar-refractivity contribution in [2.45, 2.75) is 17.8 Å². The minimum Gasteiger partial charge on any atom is -0.493 e. The van der Waals surface area contributed by atoms with Crippen molar-refractivity contribution in [3.8, 4) is 28.5 Å². The molecule has 2 aromatic carbocycles. The molecule has 0 saturated heterocycles. The minimum absolute atomic E-state index is 0.364. The average Bonchev–Trinajstić information content (AvgIpc) is 3.36. The Kier molecular flexibility index (Phi) is 6.12. The molecule has 0 aliphatic heterocycles. The van der Waals surface area contributed by atoms with E-state index in [1.165, 1.54) is 16.4 Å². The van der Waals surface area contributed by atoms with Gasteiger partial charge in [-0.1, -0.05) is 52.3 Å². The van der Waals surface area contributed by atoms with Gasteiger partial charge in [-0.3, -0.25) is 0 Å². The highest BCUT2D eigenvalue weighted by molar-refractivity contribution is 7.98. The van der Waals surface area contributed by atoms with E-state index < -0.39 is 0 Å². The van der Waals surface area contributed by atoms with Gasteiger partial charge in [-0.25, -0.2) is 4.68 Å². The van der Waals surface area contributed by atoms with Gasteiger partial charge in [-0.05, 0) is 37.3 Å². The molecule has 2 N–H and O–H groups in total. The van der Waals surface area contributed by atoms with Crippen LogP contribution in [0.15, 0.2) is 52.1 Å². The SMILES string of the molecule is CCOc1ccccc1-c1noc(CSc2nnc(-c3cc(Cl)ccc3Cl)n2N)n1. The van der Waals surface area contributed by atoms with Crippen LogP contribution >= 0.6 is 35.0 Å². The molecule has 154 valence electrons. The zero-order valence-electron chi connectivity index (χ0n) is 15.7. The van der Waals surface area contributed by atoms with Gasteiger partial charge in [0, 0.05) is 10.6 Å². The summed E-state index contributed by atoms with van der Waals surface area (Å²) >= 11 is 13.6. The van der Waals surface area contributed by atoms with Crippen LogP contribution in [0.1, 0.15) is 12.8 Å². The second-order valence-corrected chi connectivity index (χ2v) is 7.82. The Morgan fingerprint density at radius 3 is 2.80 bits per heavy atom. The number of hydrogen-bond acceptors (Lipinski definition) is 8. The maximum absolute atomic E-state index is 6.24. The molecule has 0 saturated carbocycles. The predicted molar refractivity (Wildman–Crippen MR) is 116 cm³/mol. The molecule has 2 aromatic heterocycles. The second-order valence-electron chi connectivity index (χ2n) is 6.03. The normalized spacial score (nSPS) is 11.0. The molecule has 0 fully saturated rings. The third kappa shape index (κ3) is 4.23. The molecule has 0 aliphatic carbocycles. The van der Waals surface area contributed by atoms with Gasteiger partial charge in [-0.15, -0.1) is 10.2 Å². The van der Waals surface area contributed by atoms with Crippen LogP contribution < -0.4 is 10.6 Å². The van der Waals surface area contributed by atoms with E-state index >= 15 is 0 Å². The van der Waals surface area contributed by atoms with Gasteiger partial charge in [0.2, 0.25) is 16.9 Å². The Morgan fingerprint density at radius 2 is 1.97 bits per heavy atom. The summed E-state index contributed by atoms with van der Waals surface area (Å²) in [5, 5.41) is 13.8. The smallest absolute Gasteiger partial charge is 0.237 e. The van der Waals surface area contributed by atoms with E-state index in [0.29, 0.717) is 56.4 Å². The number of aromatic nitrogens is 5. The van der Waals surface area contributed by atoms with E-state index in [4.69, 9.17) is 38.3 Å². The van der Waals surface area contributed by atoms with Gasteiger partial charge in [0.15, 0.2) is 5.82 Å². The van der Waals surface area contributed by atoms with Crippen LogP contribution in [0.4, 0.5) is 0 Å². The summed E-state index contributed by atoms with van der Waals surface area (Å²) in [6.45, 7) is 2.46. The Bertz CT molecular complexity index is 1180. The molecular weight excluding hydrogens is 447 g/mol. The number of rotatable bonds is 7. The van der Waals surface area contributed by atoms with Gasteiger partial charge < -0.3 is 15.1 Å². The number of ether oxygens (including phenoxy) is 1. The standard InChI is InChI=1S/C19H16Cl2N6O2S/c1-2-28-15-6-4-3-5-12(15)17-23-16(29-26-17)10-30-19-25-24-18(27(19)22)13-9-11(20)7-8-14(13)21/h3-9H,2,10,22H2,1H3. The van der Waals surface area contributed by atoms with Gasteiger partial charge in [0.1, 0.15) is 5.75 Å². The van der Waals surface area contributed by atoms with Gasteiger partial charge in [0.25, 0.3) is 0 Å². The fraction of sp³-hybridized carbons (Fsp3) is 0.158. The number of nitrogens with two attached hydrogens (primary N) is 1. The van der Waals surface area contributed by atoms with E-state index in [1.807, 2.05) is 31.2 Å². The summed E-state index contributed by atoms with van der Waals surface area (Å²) in [5.74, 6) is 8.50. The molecule has 2 heterocycles. The maximum Gasteiger partial charge on any atom is 0.237 e. The topological polar surface area (TPSA) is 105 Å². The van der Waals surface area contributed by atoms with E-state index in [9.17, 15) is 0 Å². The molecule has 0 bridgehead atoms. The van der Waals surface area contributed by atoms with E-state index in [1.54, 1.807) is 18.2 Å². The van der Waals surface area contributed by atoms with Crippen LogP contribution in [0.3, 0.4) is 0 Å². The second kappa shape index (κ2) is 8.95. The van der Waals surface area contributed by atoms with Crippen LogP contribution in [0.25, 0.3) is 22.8 Å². The fourth-order valence-electron chi connectivity index (χ4n) is 2.71. The number of nitrogens with zero attached hydrogens (tertiary/aromatic N) is 5. The maximum atomic E-state index is 6.24. The van der Waals surface area contributed by atoms with Crippen molar-refractivity contribution in [2.75, 3.05) is 12.4 Å². The highest BCUT2D eigenvalue weighted by atomic mass is 35.5. The van der Waals surface area contributed by atoms with E-state index in [0.717, 1.165) is 5.56 Å². The summed E-state index contributed by atoms with van der Waals surface area (Å²) in [6.07, 6.45) is 0. The average molecular weight is 463 g/mol. The van der Waals surface area contributed by atoms with Crippen LogP contribution in [-0.2, 0) is 5.75 Å². The van der Waals surface area contributed by atoms with Gasteiger partial charge in [-0.2, -0.15) is 4.98 Å². The molecule has 4 aromatic rings. The summed E-state index contributed by atoms with van der Waals surface area (Å²) in [4.78, 5) is 4.44. The highest BCUT2D eigenvalue weighted by Crippen LogP contribution is 2.32. The van der Waals surface area contributed by atoms with Crippen LogP contribution in [-0.4, -0.2) is 31.6 Å². The van der Waals surface area contributed by atoms with E-state index in [-0.39, 0.29) is 0 Å². The minimum atomic E-state index is 0.364. The molecular formula is C19H16Cl2N6O2S. The lowest BCUT2D eigenvalue weighted by molar-refractivity contribution is 0.341. The number of thioether (sulfide) groups is 1. The molecule has 0 unspecified atom stereocenters. The number of benzene rings is 2. The number of hydrogen-bond donors (Lipinski definition) is 1. The molecule has 4 rings (SSSR count). The predicted octanol–water partition coefficient (Wildman–Crippen LogP) is 4.71. The van der Waals surface area contributed by atoms with Crippen LogP contribution in [0.2, 0.25) is 10.0 Å². The van der Waals surface area contributed by atoms with Crippen molar-refractivity contribution in [3.63, 3.8) is 0 Å². The van der Waals surface area contributed by atoms with Crippen molar-refractivity contribution in [2.24, 2.45) is 0 Å². The number of nitrogen functional groups attached to an aromatic ring is 1. The van der Waals surface area contributed by atoms with E-state index in [2.05, 4.69) is 20.3 Å². The summed E-state index contributed by atoms with van der Waals surface area (Å²) in [5.41, 5.74) is 1.36. The molecule has 0 spiro atoms. The monoisotopic (exact) mass is 462 g/mol. The van der Waals surface area contributed by atoms with Crippen molar-refractivity contribution in [1.82, 2.24) is 25.0 Å². The van der Waals surface area contributed by atoms with Crippen LogP contribution in [0, 0.1) is 0 Å². The first kappa shape index (κ1) is 20.5. The van der Waals surface area contributed by atoms with Crippen molar-refractivity contribution < 1.29 is 9.26 Å². The first-order chi connectivity index (χ1) is 14.6. The lowest BCUT2D eigenvalue weighted by Crippen LogP contribution is -2.11. The Labute approximate surface area is 186 Å². The third-order valence-corrected chi connectivity index (χ3v) is 5.55. The Hall–Kier alpha value is -2.75. The molecule has 30 heavy (non-hydrogen) atoms. The van der Waals surface area contributed by atoms with Gasteiger partial charge >= 0.3 is 0 Å². The molecule has 8 nitrogen and oxygen atoms in total. The van der Waals surface area contributed by atoms with Gasteiger partial charge in [0.05, 0.1) is 22.9 Å². The Morgan fingerprint density at radius 1 is 1.13 bits per heavy atom. The number of halogens is 2. The molecule has 0 aliphatic rings. The zero-order chi connectivity index (χ0) is 21.1. The number of para-hydroxylation sites is 1. The highest BCUT2D eigenvalue weighted by Gasteiger charge is 2.18. The summed E-state index contributed by atoms with van der Waals surface area (Å²) < 4.78 is 12.3. The third-order valence-electron chi connectivity index (χ3n) is 4.05. The van der Waals surface area contributed by atoms with Crippen molar-refractivity contribution in [1.29, 1.82) is 0 Å². The molecule has 0 radical (unpaired) electrons. The molecule has 11 heteroatoms. The summed E-state index contributed by atoms with van der Waals surface area (Å²) in [6, 6.07) is 12.6. The summed E-state index contributed by atoms with van der Waals surface area (Å²) in [7, 11) is 0. The van der Waals surface area contributed by atoms with Crippen LogP contribution in [0.5, 0.6) is 5.75 Å².